The Kier molecular flexibility index (Phi) is 4.59. The van der Waals surface area contributed by atoms with Crippen LogP contribution in [0.3, 0.4) is 0 Å². The Morgan fingerprint density at radius 2 is 2.06 bits per heavy atom. The Morgan fingerprint density at radius 1 is 1.39 bits per heavy atom. The number of piperazine rings is 1. The smallest absolute Gasteiger partial charge is 0.182 e. The third kappa shape index (κ3) is 3.22. The zero-order valence-electron chi connectivity index (χ0n) is 11.8. The molecule has 1 aromatic rings. The highest BCUT2D eigenvalue weighted by Gasteiger charge is 2.26. The zero-order valence-corrected chi connectivity index (χ0v) is 12.6. The average molecular weight is 268 g/mol. The first-order valence-electron chi connectivity index (χ1n) is 6.73. The Labute approximate surface area is 114 Å². The van der Waals surface area contributed by atoms with E-state index in [2.05, 4.69) is 47.9 Å². The molecule has 5 heteroatoms. The van der Waals surface area contributed by atoms with Gasteiger partial charge in [0.15, 0.2) is 5.13 Å². The molecule has 1 fully saturated rings. The second-order valence-corrected chi connectivity index (χ2v) is 6.33. The SMILES string of the molecule is CCNc1ncc(CN2CC(C)N(C)C(C)C2)s1. The van der Waals surface area contributed by atoms with Crippen molar-refractivity contribution in [3.8, 4) is 0 Å². The fraction of sp³-hybridized carbons (Fsp3) is 0.769. The number of hydrogen-bond donors (Lipinski definition) is 1. The highest BCUT2D eigenvalue weighted by atomic mass is 32.1. The molecule has 0 amide bonds. The van der Waals surface area contributed by atoms with E-state index in [-0.39, 0.29) is 0 Å². The molecule has 1 aliphatic heterocycles. The third-order valence-electron chi connectivity index (χ3n) is 3.70. The molecule has 0 saturated carbocycles. The summed E-state index contributed by atoms with van der Waals surface area (Å²) in [5, 5.41) is 4.31. The molecule has 2 heterocycles. The number of anilines is 1. The van der Waals surface area contributed by atoms with Gasteiger partial charge in [-0.05, 0) is 27.8 Å². The molecule has 0 bridgehead atoms. The summed E-state index contributed by atoms with van der Waals surface area (Å²) in [6, 6.07) is 1.27. The number of nitrogens with one attached hydrogen (secondary N) is 1. The minimum atomic E-state index is 0.634. The molecule has 2 atom stereocenters. The van der Waals surface area contributed by atoms with Gasteiger partial charge < -0.3 is 5.32 Å². The maximum atomic E-state index is 4.39. The van der Waals surface area contributed by atoms with E-state index in [4.69, 9.17) is 0 Å². The van der Waals surface area contributed by atoms with Crippen LogP contribution in [-0.2, 0) is 6.54 Å². The minimum Gasteiger partial charge on any atom is -0.362 e. The Morgan fingerprint density at radius 3 is 2.67 bits per heavy atom. The van der Waals surface area contributed by atoms with Crippen LogP contribution >= 0.6 is 11.3 Å². The van der Waals surface area contributed by atoms with Crippen LogP contribution in [-0.4, -0.2) is 53.5 Å². The third-order valence-corrected chi connectivity index (χ3v) is 4.64. The van der Waals surface area contributed by atoms with Gasteiger partial charge in [0, 0.05) is 49.3 Å². The van der Waals surface area contributed by atoms with Crippen molar-refractivity contribution in [2.24, 2.45) is 0 Å². The predicted molar refractivity (Wildman–Crippen MR) is 78.2 cm³/mol. The summed E-state index contributed by atoms with van der Waals surface area (Å²) in [7, 11) is 2.22. The first-order valence-corrected chi connectivity index (χ1v) is 7.54. The van der Waals surface area contributed by atoms with E-state index < -0.39 is 0 Å². The minimum absolute atomic E-state index is 0.634. The van der Waals surface area contributed by atoms with Gasteiger partial charge in [-0.15, -0.1) is 11.3 Å². The molecule has 1 aromatic heterocycles. The summed E-state index contributed by atoms with van der Waals surface area (Å²) in [5.74, 6) is 0. The van der Waals surface area contributed by atoms with Crippen molar-refractivity contribution in [2.75, 3.05) is 32.0 Å². The number of nitrogens with zero attached hydrogens (tertiary/aromatic N) is 3. The summed E-state index contributed by atoms with van der Waals surface area (Å²) in [4.78, 5) is 10.8. The number of likely N-dealkylation sites (N-methyl/N-ethyl adjacent to an activating group) is 1. The van der Waals surface area contributed by atoms with Crippen LogP contribution in [0.2, 0.25) is 0 Å². The summed E-state index contributed by atoms with van der Waals surface area (Å²) >= 11 is 1.78. The molecule has 1 aliphatic rings. The van der Waals surface area contributed by atoms with Crippen molar-refractivity contribution < 1.29 is 0 Å². The Balaban J connectivity index is 1.92. The largest absolute Gasteiger partial charge is 0.362 e. The lowest BCUT2D eigenvalue weighted by Gasteiger charge is -2.42. The molecule has 0 radical (unpaired) electrons. The molecular formula is C13H24N4S. The average Bonchev–Trinajstić information content (AvgIpc) is 2.74. The van der Waals surface area contributed by atoms with Crippen LogP contribution in [0.15, 0.2) is 6.20 Å². The maximum Gasteiger partial charge on any atom is 0.182 e. The maximum absolute atomic E-state index is 4.39. The summed E-state index contributed by atoms with van der Waals surface area (Å²) in [6.07, 6.45) is 2.01. The molecule has 102 valence electrons. The molecule has 18 heavy (non-hydrogen) atoms. The van der Waals surface area contributed by atoms with Crippen LogP contribution in [0.25, 0.3) is 0 Å². The van der Waals surface area contributed by atoms with Crippen molar-refractivity contribution >= 4 is 16.5 Å². The van der Waals surface area contributed by atoms with Crippen molar-refractivity contribution in [3.05, 3.63) is 11.1 Å². The number of rotatable bonds is 4. The summed E-state index contributed by atoms with van der Waals surface area (Å²) < 4.78 is 0. The number of aromatic nitrogens is 1. The molecule has 4 nitrogen and oxygen atoms in total. The summed E-state index contributed by atoms with van der Waals surface area (Å²) in [6.45, 7) is 11.0. The molecular weight excluding hydrogens is 244 g/mol. The normalized spacial score (nSPS) is 26.4. The van der Waals surface area contributed by atoms with Crippen LogP contribution in [0.5, 0.6) is 0 Å². The Bertz CT molecular complexity index is 367. The fourth-order valence-electron chi connectivity index (χ4n) is 2.48. The van der Waals surface area contributed by atoms with Gasteiger partial charge in [-0.25, -0.2) is 4.98 Å². The molecule has 2 rings (SSSR count). The molecule has 0 aliphatic carbocycles. The molecule has 1 saturated heterocycles. The van der Waals surface area contributed by atoms with E-state index in [9.17, 15) is 0 Å². The van der Waals surface area contributed by atoms with Crippen LogP contribution < -0.4 is 5.32 Å². The van der Waals surface area contributed by atoms with Gasteiger partial charge >= 0.3 is 0 Å². The topological polar surface area (TPSA) is 31.4 Å². The van der Waals surface area contributed by atoms with Gasteiger partial charge in [0.25, 0.3) is 0 Å². The first kappa shape index (κ1) is 13.8. The van der Waals surface area contributed by atoms with E-state index in [1.54, 1.807) is 11.3 Å². The second-order valence-electron chi connectivity index (χ2n) is 5.22. The standard InChI is InChI=1S/C13H24N4S/c1-5-14-13-15-6-12(18-13)9-17-7-10(2)16(4)11(3)8-17/h6,10-11H,5,7-9H2,1-4H3,(H,14,15). The van der Waals surface area contributed by atoms with E-state index in [0.717, 1.165) is 31.3 Å². The predicted octanol–water partition coefficient (Wildman–Crippen LogP) is 2.10. The second kappa shape index (κ2) is 5.99. The van der Waals surface area contributed by atoms with Crippen molar-refractivity contribution in [2.45, 2.75) is 39.4 Å². The van der Waals surface area contributed by atoms with Crippen molar-refractivity contribution in [1.82, 2.24) is 14.8 Å². The van der Waals surface area contributed by atoms with Gasteiger partial charge in [0.05, 0.1) is 0 Å². The molecule has 0 spiro atoms. The molecule has 0 aromatic carbocycles. The van der Waals surface area contributed by atoms with Crippen LogP contribution in [0, 0.1) is 0 Å². The van der Waals surface area contributed by atoms with Gasteiger partial charge in [-0.3, -0.25) is 9.80 Å². The van der Waals surface area contributed by atoms with Crippen LogP contribution in [0.1, 0.15) is 25.6 Å². The molecule has 1 N–H and O–H groups in total. The number of thiazole rings is 1. The fourth-order valence-corrected chi connectivity index (χ4v) is 3.40. The highest BCUT2D eigenvalue weighted by Crippen LogP contribution is 2.22. The van der Waals surface area contributed by atoms with Gasteiger partial charge in [0.2, 0.25) is 0 Å². The lowest BCUT2D eigenvalue weighted by atomic mass is 10.1. The van der Waals surface area contributed by atoms with Crippen molar-refractivity contribution in [1.29, 1.82) is 0 Å². The first-order chi connectivity index (χ1) is 8.60. The summed E-state index contributed by atoms with van der Waals surface area (Å²) in [5.41, 5.74) is 0. The van der Waals surface area contributed by atoms with Gasteiger partial charge in [-0.1, -0.05) is 0 Å². The van der Waals surface area contributed by atoms with Crippen molar-refractivity contribution in [3.63, 3.8) is 0 Å². The number of hydrogen-bond acceptors (Lipinski definition) is 5. The highest BCUT2D eigenvalue weighted by molar-refractivity contribution is 7.15. The Hall–Kier alpha value is -0.650. The quantitative estimate of drug-likeness (QED) is 0.906. The monoisotopic (exact) mass is 268 g/mol. The lowest BCUT2D eigenvalue weighted by molar-refractivity contribution is 0.0562. The van der Waals surface area contributed by atoms with Gasteiger partial charge in [-0.2, -0.15) is 0 Å². The zero-order chi connectivity index (χ0) is 13.1. The lowest BCUT2D eigenvalue weighted by Crippen LogP contribution is -2.54. The van der Waals surface area contributed by atoms with E-state index in [0.29, 0.717) is 12.1 Å². The van der Waals surface area contributed by atoms with Crippen LogP contribution in [0.4, 0.5) is 5.13 Å². The molecule has 2 unspecified atom stereocenters. The van der Waals surface area contributed by atoms with E-state index >= 15 is 0 Å². The van der Waals surface area contributed by atoms with E-state index in [1.807, 2.05) is 6.20 Å². The van der Waals surface area contributed by atoms with Gasteiger partial charge in [0.1, 0.15) is 0 Å². The van der Waals surface area contributed by atoms with E-state index in [1.165, 1.54) is 4.88 Å².